The molecule has 15 heavy (non-hydrogen) atoms. The quantitative estimate of drug-likeness (QED) is 0.475. The summed E-state index contributed by atoms with van der Waals surface area (Å²) in [5, 5.41) is 0. The van der Waals surface area contributed by atoms with Crippen LogP contribution in [0, 0.1) is 9.52 Å². The summed E-state index contributed by atoms with van der Waals surface area (Å²) in [7, 11) is 0.990. The Morgan fingerprint density at radius 3 is 2.67 bits per heavy atom. The molecule has 1 heterocycles. The highest BCUT2D eigenvalue weighted by Gasteiger charge is 2.26. The van der Waals surface area contributed by atoms with E-state index in [9.17, 15) is 18.0 Å². The molecule has 0 fully saturated rings. The van der Waals surface area contributed by atoms with E-state index in [1.165, 1.54) is 22.6 Å². The van der Waals surface area contributed by atoms with Crippen molar-refractivity contribution in [3.63, 3.8) is 0 Å². The summed E-state index contributed by atoms with van der Waals surface area (Å²) in [6.45, 7) is 0. The highest BCUT2D eigenvalue weighted by molar-refractivity contribution is 14.1. The predicted molar refractivity (Wildman–Crippen MR) is 53.2 cm³/mol. The van der Waals surface area contributed by atoms with E-state index in [0.29, 0.717) is 6.20 Å². The molecule has 0 amide bonds. The van der Waals surface area contributed by atoms with Crippen LogP contribution in [-0.4, -0.2) is 18.1 Å². The normalized spacial score (nSPS) is 10.5. The largest absolute Gasteiger partial charge is 0.465 e. The lowest BCUT2D eigenvalue weighted by molar-refractivity contribution is 0.0582. The first-order valence-electron chi connectivity index (χ1n) is 3.69. The number of aromatic nitrogens is 1. The molecule has 7 heteroatoms. The number of halogens is 4. The zero-order valence-electron chi connectivity index (χ0n) is 7.43. The van der Waals surface area contributed by atoms with Crippen LogP contribution < -0.4 is 0 Å². The summed E-state index contributed by atoms with van der Waals surface area (Å²) >= 11 is 1.50. The van der Waals surface area contributed by atoms with Gasteiger partial charge in [0, 0.05) is 0 Å². The van der Waals surface area contributed by atoms with Crippen molar-refractivity contribution < 1.29 is 22.7 Å². The van der Waals surface area contributed by atoms with Gasteiger partial charge in [0.15, 0.2) is 5.82 Å². The SMILES string of the molecule is COC(=O)c1c(F)cnc(I)c1C(F)F. The van der Waals surface area contributed by atoms with Crippen molar-refractivity contribution >= 4 is 28.6 Å². The Morgan fingerprint density at radius 1 is 1.60 bits per heavy atom. The van der Waals surface area contributed by atoms with Crippen LogP contribution in [0.5, 0.6) is 0 Å². The molecule has 1 rings (SSSR count). The number of pyridine rings is 1. The highest BCUT2D eigenvalue weighted by Crippen LogP contribution is 2.28. The molecule has 0 bridgehead atoms. The number of rotatable bonds is 2. The molecule has 1 aromatic rings. The topological polar surface area (TPSA) is 39.2 Å². The predicted octanol–water partition coefficient (Wildman–Crippen LogP) is 2.55. The van der Waals surface area contributed by atoms with Crippen LogP contribution in [0.4, 0.5) is 13.2 Å². The van der Waals surface area contributed by atoms with Crippen LogP contribution in [0.15, 0.2) is 6.20 Å². The van der Waals surface area contributed by atoms with E-state index in [-0.39, 0.29) is 3.70 Å². The molecule has 0 N–H and O–H groups in total. The molecule has 0 aromatic carbocycles. The third-order valence-corrected chi connectivity index (χ3v) is 2.49. The van der Waals surface area contributed by atoms with Gasteiger partial charge in [-0.05, 0) is 22.6 Å². The summed E-state index contributed by atoms with van der Waals surface area (Å²) < 4.78 is 42.3. The van der Waals surface area contributed by atoms with Gasteiger partial charge in [0.05, 0.1) is 18.9 Å². The third-order valence-electron chi connectivity index (χ3n) is 1.63. The Morgan fingerprint density at radius 2 is 2.20 bits per heavy atom. The van der Waals surface area contributed by atoms with Gasteiger partial charge in [0.2, 0.25) is 0 Å². The monoisotopic (exact) mass is 331 g/mol. The average Bonchev–Trinajstić information content (AvgIpc) is 2.19. The maximum absolute atomic E-state index is 13.1. The van der Waals surface area contributed by atoms with Crippen molar-refractivity contribution in [2.45, 2.75) is 6.43 Å². The van der Waals surface area contributed by atoms with Crippen molar-refractivity contribution in [1.29, 1.82) is 0 Å². The van der Waals surface area contributed by atoms with Crippen LogP contribution in [0.25, 0.3) is 0 Å². The highest BCUT2D eigenvalue weighted by atomic mass is 127. The first kappa shape index (κ1) is 12.2. The summed E-state index contributed by atoms with van der Waals surface area (Å²) in [6.07, 6.45) is -2.27. The number of hydrogen-bond donors (Lipinski definition) is 0. The van der Waals surface area contributed by atoms with Crippen LogP contribution in [0.2, 0.25) is 0 Å². The van der Waals surface area contributed by atoms with Crippen molar-refractivity contribution in [3.05, 3.63) is 26.8 Å². The number of carbonyl (C=O) groups excluding carboxylic acids is 1. The number of esters is 1. The molecule has 0 unspecified atom stereocenters. The second-order valence-electron chi connectivity index (χ2n) is 2.48. The van der Waals surface area contributed by atoms with E-state index in [1.807, 2.05) is 0 Å². The number of alkyl halides is 2. The summed E-state index contributed by atoms with van der Waals surface area (Å²) in [5.41, 5.74) is -1.49. The van der Waals surface area contributed by atoms with Gasteiger partial charge < -0.3 is 4.74 Å². The molecule has 0 saturated heterocycles. The zero-order chi connectivity index (χ0) is 11.6. The smallest absolute Gasteiger partial charge is 0.341 e. The average molecular weight is 331 g/mol. The number of hydrogen-bond acceptors (Lipinski definition) is 3. The van der Waals surface area contributed by atoms with E-state index < -0.39 is 29.3 Å². The molecule has 0 spiro atoms. The standard InChI is InChI=1S/C8H5F3INO2/c1-15-8(14)4-3(9)2-13-7(12)5(4)6(10)11/h2,6H,1H3. The molecule has 0 atom stereocenters. The van der Waals surface area contributed by atoms with Crippen molar-refractivity contribution in [3.8, 4) is 0 Å². The lowest BCUT2D eigenvalue weighted by Crippen LogP contribution is -2.12. The molecular formula is C8H5F3INO2. The van der Waals surface area contributed by atoms with E-state index in [1.54, 1.807) is 0 Å². The van der Waals surface area contributed by atoms with E-state index in [2.05, 4.69) is 9.72 Å². The number of nitrogens with zero attached hydrogens (tertiary/aromatic N) is 1. The minimum Gasteiger partial charge on any atom is -0.465 e. The van der Waals surface area contributed by atoms with Crippen LogP contribution in [0.3, 0.4) is 0 Å². The third kappa shape index (κ3) is 2.39. The second kappa shape index (κ2) is 4.77. The van der Waals surface area contributed by atoms with Gasteiger partial charge in [0.25, 0.3) is 6.43 Å². The van der Waals surface area contributed by atoms with E-state index in [0.717, 1.165) is 7.11 Å². The van der Waals surface area contributed by atoms with Gasteiger partial charge in [-0.3, -0.25) is 0 Å². The molecule has 3 nitrogen and oxygen atoms in total. The zero-order valence-corrected chi connectivity index (χ0v) is 9.59. The molecular weight excluding hydrogens is 326 g/mol. The summed E-state index contributed by atoms with van der Waals surface area (Å²) in [6, 6.07) is 0. The van der Waals surface area contributed by atoms with Crippen LogP contribution in [-0.2, 0) is 4.74 Å². The fourth-order valence-corrected chi connectivity index (χ4v) is 1.63. The number of carbonyl (C=O) groups is 1. The lowest BCUT2D eigenvalue weighted by atomic mass is 10.1. The van der Waals surface area contributed by atoms with Gasteiger partial charge in [-0.25, -0.2) is 22.9 Å². The first-order valence-corrected chi connectivity index (χ1v) is 4.77. The van der Waals surface area contributed by atoms with Gasteiger partial charge in [-0.2, -0.15) is 0 Å². The van der Waals surface area contributed by atoms with E-state index >= 15 is 0 Å². The molecule has 0 saturated carbocycles. The van der Waals surface area contributed by atoms with Crippen molar-refractivity contribution in [2.75, 3.05) is 7.11 Å². The van der Waals surface area contributed by atoms with Gasteiger partial charge in [0.1, 0.15) is 9.26 Å². The molecule has 0 aliphatic rings. The second-order valence-corrected chi connectivity index (χ2v) is 3.50. The summed E-state index contributed by atoms with van der Waals surface area (Å²) in [5.74, 6) is -2.25. The maximum atomic E-state index is 13.1. The van der Waals surface area contributed by atoms with Gasteiger partial charge in [-0.1, -0.05) is 0 Å². The molecule has 1 aromatic heterocycles. The molecule has 0 aliphatic heterocycles. The Bertz CT molecular complexity index is 398. The Hall–Kier alpha value is -0.860. The Kier molecular flexibility index (Phi) is 3.89. The number of ether oxygens (including phenoxy) is 1. The molecule has 82 valence electrons. The van der Waals surface area contributed by atoms with Gasteiger partial charge in [-0.15, -0.1) is 0 Å². The summed E-state index contributed by atoms with van der Waals surface area (Å²) in [4.78, 5) is 14.5. The molecule has 0 radical (unpaired) electrons. The fraction of sp³-hybridized carbons (Fsp3) is 0.250. The maximum Gasteiger partial charge on any atom is 0.341 e. The molecule has 0 aliphatic carbocycles. The Balaban J connectivity index is 3.45. The first-order chi connectivity index (χ1) is 6.99. The van der Waals surface area contributed by atoms with Crippen LogP contribution >= 0.6 is 22.6 Å². The fourth-order valence-electron chi connectivity index (χ4n) is 0.988. The minimum atomic E-state index is -2.98. The van der Waals surface area contributed by atoms with Crippen LogP contribution in [0.1, 0.15) is 22.3 Å². The van der Waals surface area contributed by atoms with Gasteiger partial charge >= 0.3 is 5.97 Å². The lowest BCUT2D eigenvalue weighted by Gasteiger charge is -2.09. The Labute approximate surface area is 96.8 Å². The number of methoxy groups -OCH3 is 1. The van der Waals surface area contributed by atoms with E-state index in [4.69, 9.17) is 0 Å². The minimum absolute atomic E-state index is 0.121. The van der Waals surface area contributed by atoms with Crippen molar-refractivity contribution in [1.82, 2.24) is 4.98 Å². The van der Waals surface area contributed by atoms with Crippen molar-refractivity contribution in [2.24, 2.45) is 0 Å².